The van der Waals surface area contributed by atoms with E-state index >= 15 is 0 Å². The normalized spacial score (nSPS) is 14.9. The molecule has 0 radical (unpaired) electrons. The van der Waals surface area contributed by atoms with Crippen LogP contribution in [0.5, 0.6) is 0 Å². The van der Waals surface area contributed by atoms with Crippen molar-refractivity contribution in [3.05, 3.63) is 35.6 Å². The van der Waals surface area contributed by atoms with Crippen molar-refractivity contribution in [2.75, 3.05) is 36.5 Å². The molecule has 0 aliphatic carbocycles. The first-order valence-corrected chi connectivity index (χ1v) is 14.0. The third kappa shape index (κ3) is 9.58. The maximum absolute atomic E-state index is 12.1. The smallest absolute Gasteiger partial charge is 0.407 e. The summed E-state index contributed by atoms with van der Waals surface area (Å²) in [6.45, 7) is 11.8. The van der Waals surface area contributed by atoms with Crippen molar-refractivity contribution in [3.63, 3.8) is 0 Å². The van der Waals surface area contributed by atoms with Crippen LogP contribution >= 0.6 is 23.4 Å². The molecule has 212 valence electrons. The van der Waals surface area contributed by atoms with Crippen LogP contribution in [0.3, 0.4) is 0 Å². The molecule has 2 aromatic rings. The van der Waals surface area contributed by atoms with E-state index in [4.69, 9.17) is 21.1 Å². The zero-order valence-electron chi connectivity index (χ0n) is 23.0. The molecule has 2 heterocycles. The molecule has 2 amide bonds. The van der Waals surface area contributed by atoms with Gasteiger partial charge in [0.05, 0.1) is 29.7 Å². The SMILES string of the molecule is CCOC(=O)CC(=O)Nc1cccc(Sc2cnc(N3CCC(C)(CNC(=O)OC(C)(C)C)CC3)cn2)c1Cl. The minimum atomic E-state index is -0.595. The van der Waals surface area contributed by atoms with E-state index in [1.165, 1.54) is 11.8 Å². The summed E-state index contributed by atoms with van der Waals surface area (Å²) in [6.07, 6.45) is 4.44. The summed E-state index contributed by atoms with van der Waals surface area (Å²) in [7, 11) is 0. The van der Waals surface area contributed by atoms with Crippen LogP contribution in [0, 0.1) is 5.41 Å². The van der Waals surface area contributed by atoms with Crippen LogP contribution in [-0.2, 0) is 19.1 Å². The number of halogens is 1. The van der Waals surface area contributed by atoms with Gasteiger partial charge in [-0.25, -0.2) is 14.8 Å². The van der Waals surface area contributed by atoms with E-state index in [2.05, 4.69) is 32.4 Å². The monoisotopic (exact) mass is 577 g/mol. The van der Waals surface area contributed by atoms with Crippen LogP contribution in [-0.4, -0.2) is 59.8 Å². The number of nitrogens with one attached hydrogen (secondary N) is 2. The summed E-state index contributed by atoms with van der Waals surface area (Å²) in [5.74, 6) is -0.310. The third-order valence-electron chi connectivity index (χ3n) is 6.03. The van der Waals surface area contributed by atoms with Crippen molar-refractivity contribution in [1.82, 2.24) is 15.3 Å². The Kier molecular flexibility index (Phi) is 10.4. The fourth-order valence-corrected chi connectivity index (χ4v) is 4.99. The molecule has 1 aromatic carbocycles. The van der Waals surface area contributed by atoms with Gasteiger partial charge < -0.3 is 25.0 Å². The number of carbonyl (C=O) groups excluding carboxylic acids is 3. The fraction of sp³-hybridized carbons (Fsp3) is 0.519. The molecule has 1 fully saturated rings. The average molecular weight is 578 g/mol. The van der Waals surface area contributed by atoms with E-state index in [-0.39, 0.29) is 18.4 Å². The Morgan fingerprint density at radius 1 is 1.15 bits per heavy atom. The molecule has 0 bridgehead atoms. The van der Waals surface area contributed by atoms with E-state index < -0.39 is 23.6 Å². The minimum absolute atomic E-state index is 0.0237. The van der Waals surface area contributed by atoms with Gasteiger partial charge in [0.2, 0.25) is 5.91 Å². The zero-order valence-corrected chi connectivity index (χ0v) is 24.6. The fourth-order valence-electron chi connectivity index (χ4n) is 3.91. The van der Waals surface area contributed by atoms with Gasteiger partial charge in [-0.05, 0) is 58.1 Å². The predicted octanol–water partition coefficient (Wildman–Crippen LogP) is 5.30. The highest BCUT2D eigenvalue weighted by Gasteiger charge is 2.31. The highest BCUT2D eigenvalue weighted by atomic mass is 35.5. The standard InChI is InChI=1S/C27H36ClN5O5S/c1-6-37-23(35)14-21(34)32-18-8-7-9-19(24(18)28)39-22-16-29-20(15-30-22)33-12-10-27(5,11-13-33)17-31-25(36)38-26(2,3)4/h7-9,15-16H,6,10-14,17H2,1-5H3,(H,31,36)(H,32,34). The first kappa shape index (κ1) is 30.5. The number of anilines is 2. The zero-order chi connectivity index (χ0) is 28.6. The van der Waals surface area contributed by atoms with E-state index in [9.17, 15) is 14.4 Å². The van der Waals surface area contributed by atoms with Gasteiger partial charge in [0.25, 0.3) is 0 Å². The number of carbonyl (C=O) groups is 3. The van der Waals surface area contributed by atoms with Gasteiger partial charge in [0.15, 0.2) is 0 Å². The van der Waals surface area contributed by atoms with Crippen LogP contribution < -0.4 is 15.5 Å². The van der Waals surface area contributed by atoms with Crippen molar-refractivity contribution in [3.8, 4) is 0 Å². The second-order valence-corrected chi connectivity index (χ2v) is 12.1. The van der Waals surface area contributed by atoms with Crippen molar-refractivity contribution in [1.29, 1.82) is 0 Å². The topological polar surface area (TPSA) is 123 Å². The number of piperidine rings is 1. The molecular formula is C27H36ClN5O5S. The maximum atomic E-state index is 12.1. The van der Waals surface area contributed by atoms with Gasteiger partial charge in [0.1, 0.15) is 22.9 Å². The predicted molar refractivity (Wildman–Crippen MR) is 151 cm³/mol. The number of esters is 1. The minimum Gasteiger partial charge on any atom is -0.466 e. The number of nitrogens with zero attached hydrogens (tertiary/aromatic N) is 3. The summed E-state index contributed by atoms with van der Waals surface area (Å²) < 4.78 is 10.2. The van der Waals surface area contributed by atoms with E-state index in [0.717, 1.165) is 31.7 Å². The number of rotatable bonds is 9. The second-order valence-electron chi connectivity index (χ2n) is 10.6. The Balaban J connectivity index is 1.53. The molecule has 0 atom stereocenters. The van der Waals surface area contributed by atoms with Gasteiger partial charge in [-0.3, -0.25) is 9.59 Å². The molecule has 0 spiro atoms. The number of aromatic nitrogens is 2. The van der Waals surface area contributed by atoms with Crippen LogP contribution in [0.4, 0.5) is 16.3 Å². The number of hydrogen-bond acceptors (Lipinski definition) is 9. The Bertz CT molecular complexity index is 1160. The summed E-state index contributed by atoms with van der Waals surface area (Å²) in [6, 6.07) is 5.25. The number of benzene rings is 1. The van der Waals surface area contributed by atoms with Crippen molar-refractivity contribution < 1.29 is 23.9 Å². The van der Waals surface area contributed by atoms with Crippen molar-refractivity contribution in [2.45, 2.75) is 69.4 Å². The number of ether oxygens (including phenoxy) is 2. The summed E-state index contributed by atoms with van der Waals surface area (Å²) in [5, 5.41) is 6.55. The van der Waals surface area contributed by atoms with Gasteiger partial charge in [0, 0.05) is 24.5 Å². The van der Waals surface area contributed by atoms with Crippen LogP contribution in [0.25, 0.3) is 0 Å². The molecule has 2 N–H and O–H groups in total. The molecule has 12 heteroatoms. The molecule has 1 aromatic heterocycles. The lowest BCUT2D eigenvalue weighted by Crippen LogP contribution is -2.45. The molecule has 1 saturated heterocycles. The first-order valence-electron chi connectivity index (χ1n) is 12.8. The maximum Gasteiger partial charge on any atom is 0.407 e. The number of amides is 2. The van der Waals surface area contributed by atoms with E-state index in [0.29, 0.717) is 27.2 Å². The van der Waals surface area contributed by atoms with E-state index in [1.54, 1.807) is 31.5 Å². The highest BCUT2D eigenvalue weighted by molar-refractivity contribution is 7.99. The van der Waals surface area contributed by atoms with Gasteiger partial charge in [-0.1, -0.05) is 36.4 Å². The Hall–Kier alpha value is -3.05. The molecule has 1 aliphatic rings. The number of alkyl carbamates (subject to hydrolysis) is 1. The van der Waals surface area contributed by atoms with Crippen molar-refractivity contribution in [2.24, 2.45) is 5.41 Å². The molecule has 0 unspecified atom stereocenters. The Morgan fingerprint density at radius 2 is 1.87 bits per heavy atom. The van der Waals surface area contributed by atoms with Crippen LogP contribution in [0.1, 0.15) is 53.9 Å². The van der Waals surface area contributed by atoms with Crippen LogP contribution in [0.2, 0.25) is 5.02 Å². The van der Waals surface area contributed by atoms with Crippen molar-refractivity contribution >= 4 is 52.8 Å². The summed E-state index contributed by atoms with van der Waals surface area (Å²) >= 11 is 7.84. The molecule has 10 nitrogen and oxygen atoms in total. The highest BCUT2D eigenvalue weighted by Crippen LogP contribution is 2.37. The summed E-state index contributed by atoms with van der Waals surface area (Å²) in [4.78, 5) is 47.7. The summed E-state index contributed by atoms with van der Waals surface area (Å²) in [5.41, 5.74) is -0.144. The van der Waals surface area contributed by atoms with Gasteiger partial charge in [-0.15, -0.1) is 0 Å². The third-order valence-corrected chi connectivity index (χ3v) is 7.53. The Morgan fingerprint density at radius 3 is 2.49 bits per heavy atom. The molecular weight excluding hydrogens is 542 g/mol. The largest absolute Gasteiger partial charge is 0.466 e. The number of hydrogen-bond donors (Lipinski definition) is 2. The van der Waals surface area contributed by atoms with E-state index in [1.807, 2.05) is 26.8 Å². The van der Waals surface area contributed by atoms with Gasteiger partial charge in [-0.2, -0.15) is 0 Å². The molecule has 39 heavy (non-hydrogen) atoms. The lowest BCUT2D eigenvalue weighted by atomic mass is 9.80. The second kappa shape index (κ2) is 13.3. The molecule has 1 aliphatic heterocycles. The average Bonchev–Trinajstić information content (AvgIpc) is 2.85. The molecule has 3 rings (SSSR count). The van der Waals surface area contributed by atoms with Crippen LogP contribution in [0.15, 0.2) is 40.5 Å². The first-order chi connectivity index (χ1) is 18.4. The quantitative estimate of drug-likeness (QED) is 0.302. The Labute approximate surface area is 238 Å². The van der Waals surface area contributed by atoms with Gasteiger partial charge >= 0.3 is 12.1 Å². The lowest BCUT2D eigenvalue weighted by molar-refractivity contribution is -0.145. The lowest BCUT2D eigenvalue weighted by Gasteiger charge is -2.40. The molecule has 0 saturated carbocycles.